The number of benzene rings is 2. The molecule has 0 radical (unpaired) electrons. The summed E-state index contributed by atoms with van der Waals surface area (Å²) in [6.07, 6.45) is 1.51. The van der Waals surface area contributed by atoms with Crippen molar-refractivity contribution < 1.29 is 12.8 Å². The van der Waals surface area contributed by atoms with E-state index < -0.39 is 15.8 Å². The van der Waals surface area contributed by atoms with Gasteiger partial charge >= 0.3 is 0 Å². The van der Waals surface area contributed by atoms with E-state index in [4.69, 9.17) is 0 Å². The van der Waals surface area contributed by atoms with Crippen molar-refractivity contribution in [1.82, 2.24) is 0 Å². The molecular weight excluding hydrogens is 369 g/mol. The molecule has 0 saturated carbocycles. The SMILES string of the molecule is C=CCN(c1ccc(Br)c(C)c1)S(=O)(=O)c1ccc(F)cc1. The molecule has 0 amide bonds. The fourth-order valence-corrected chi connectivity index (χ4v) is 3.65. The van der Waals surface area contributed by atoms with Crippen LogP contribution in [0.5, 0.6) is 0 Å². The lowest BCUT2D eigenvalue weighted by atomic mass is 10.2. The van der Waals surface area contributed by atoms with Gasteiger partial charge in [0.15, 0.2) is 0 Å². The first-order valence-corrected chi connectivity index (χ1v) is 8.75. The molecule has 0 heterocycles. The summed E-state index contributed by atoms with van der Waals surface area (Å²) in [4.78, 5) is 0.0383. The lowest BCUT2D eigenvalue weighted by Gasteiger charge is -2.23. The van der Waals surface area contributed by atoms with E-state index in [0.717, 1.165) is 22.2 Å². The first kappa shape index (κ1) is 16.7. The van der Waals surface area contributed by atoms with Crippen LogP contribution in [-0.4, -0.2) is 15.0 Å². The van der Waals surface area contributed by atoms with Crippen LogP contribution in [0.25, 0.3) is 0 Å². The predicted octanol–water partition coefficient (Wildman–Crippen LogP) is 4.28. The molecule has 22 heavy (non-hydrogen) atoms. The van der Waals surface area contributed by atoms with Crippen molar-refractivity contribution in [3.8, 4) is 0 Å². The Morgan fingerprint density at radius 1 is 1.23 bits per heavy atom. The fraction of sp³-hybridized carbons (Fsp3) is 0.125. The third-order valence-corrected chi connectivity index (χ3v) is 5.82. The maximum Gasteiger partial charge on any atom is 0.264 e. The predicted molar refractivity (Wildman–Crippen MR) is 90.0 cm³/mol. The maximum atomic E-state index is 13.0. The highest BCUT2D eigenvalue weighted by atomic mass is 79.9. The molecule has 0 aliphatic carbocycles. The number of halogens is 2. The fourth-order valence-electron chi connectivity index (χ4n) is 1.98. The zero-order valence-corrected chi connectivity index (χ0v) is 14.4. The van der Waals surface area contributed by atoms with Gasteiger partial charge in [0.25, 0.3) is 10.0 Å². The molecular formula is C16H15BrFNO2S. The second kappa shape index (κ2) is 6.62. The summed E-state index contributed by atoms with van der Waals surface area (Å²) >= 11 is 3.39. The van der Waals surface area contributed by atoms with E-state index in [2.05, 4.69) is 22.5 Å². The minimum absolute atomic E-state index is 0.0383. The van der Waals surface area contributed by atoms with Crippen LogP contribution in [0.1, 0.15) is 5.56 Å². The molecule has 0 saturated heterocycles. The summed E-state index contributed by atoms with van der Waals surface area (Å²) in [5, 5.41) is 0. The van der Waals surface area contributed by atoms with Gasteiger partial charge in [-0.25, -0.2) is 12.8 Å². The van der Waals surface area contributed by atoms with E-state index in [9.17, 15) is 12.8 Å². The van der Waals surface area contributed by atoms with Crippen molar-refractivity contribution in [3.05, 3.63) is 71.0 Å². The van der Waals surface area contributed by atoms with Crippen molar-refractivity contribution in [2.75, 3.05) is 10.8 Å². The molecule has 0 aromatic heterocycles. The molecule has 0 aliphatic rings. The molecule has 2 aromatic rings. The van der Waals surface area contributed by atoms with Crippen LogP contribution in [0, 0.1) is 12.7 Å². The van der Waals surface area contributed by atoms with Crippen LogP contribution in [0.2, 0.25) is 0 Å². The number of hydrogen-bond donors (Lipinski definition) is 0. The first-order chi connectivity index (χ1) is 10.4. The molecule has 6 heteroatoms. The molecule has 0 aliphatic heterocycles. The quantitative estimate of drug-likeness (QED) is 0.722. The van der Waals surface area contributed by atoms with Gasteiger partial charge in [-0.15, -0.1) is 6.58 Å². The molecule has 2 rings (SSSR count). The number of nitrogens with zero attached hydrogens (tertiary/aromatic N) is 1. The van der Waals surface area contributed by atoms with E-state index in [1.807, 2.05) is 6.92 Å². The minimum atomic E-state index is -3.78. The Morgan fingerprint density at radius 3 is 2.41 bits per heavy atom. The van der Waals surface area contributed by atoms with Crippen molar-refractivity contribution in [2.24, 2.45) is 0 Å². The second-order valence-electron chi connectivity index (χ2n) is 4.71. The summed E-state index contributed by atoms with van der Waals surface area (Å²) in [6.45, 7) is 5.62. The molecule has 0 bridgehead atoms. The number of sulfonamides is 1. The normalized spacial score (nSPS) is 11.2. The van der Waals surface area contributed by atoms with Gasteiger partial charge in [0.1, 0.15) is 5.82 Å². The Labute approximate surface area is 138 Å². The maximum absolute atomic E-state index is 13.0. The largest absolute Gasteiger partial charge is 0.264 e. The van der Waals surface area contributed by atoms with Gasteiger partial charge in [-0.2, -0.15) is 0 Å². The highest BCUT2D eigenvalue weighted by Gasteiger charge is 2.24. The molecule has 3 nitrogen and oxygen atoms in total. The first-order valence-electron chi connectivity index (χ1n) is 6.51. The van der Waals surface area contributed by atoms with Crippen LogP contribution >= 0.6 is 15.9 Å². The summed E-state index contributed by atoms with van der Waals surface area (Å²) in [5.41, 5.74) is 1.45. The molecule has 0 fully saturated rings. The van der Waals surface area contributed by atoms with Gasteiger partial charge in [0, 0.05) is 4.47 Å². The number of anilines is 1. The van der Waals surface area contributed by atoms with Gasteiger partial charge < -0.3 is 0 Å². The molecule has 2 aromatic carbocycles. The molecule has 0 unspecified atom stereocenters. The van der Waals surface area contributed by atoms with Crippen LogP contribution in [0.3, 0.4) is 0 Å². The highest BCUT2D eigenvalue weighted by molar-refractivity contribution is 9.10. The third kappa shape index (κ3) is 3.39. The lowest BCUT2D eigenvalue weighted by Crippen LogP contribution is -2.31. The van der Waals surface area contributed by atoms with Crippen molar-refractivity contribution in [2.45, 2.75) is 11.8 Å². The van der Waals surface area contributed by atoms with Crippen molar-refractivity contribution in [3.63, 3.8) is 0 Å². The Balaban J connectivity index is 2.52. The minimum Gasteiger partial charge on any atom is -0.263 e. The van der Waals surface area contributed by atoms with E-state index in [1.54, 1.807) is 18.2 Å². The number of hydrogen-bond acceptors (Lipinski definition) is 2. The second-order valence-corrected chi connectivity index (χ2v) is 7.43. The summed E-state index contributed by atoms with van der Waals surface area (Å²) in [7, 11) is -3.78. The van der Waals surface area contributed by atoms with Crippen LogP contribution in [-0.2, 0) is 10.0 Å². The smallest absolute Gasteiger partial charge is 0.263 e. The highest BCUT2D eigenvalue weighted by Crippen LogP contribution is 2.27. The van der Waals surface area contributed by atoms with Crippen molar-refractivity contribution in [1.29, 1.82) is 0 Å². The average Bonchev–Trinajstić information content (AvgIpc) is 2.48. The Kier molecular flexibility index (Phi) is 5.03. The van der Waals surface area contributed by atoms with Gasteiger partial charge in [0.05, 0.1) is 17.1 Å². The zero-order chi connectivity index (χ0) is 16.3. The van der Waals surface area contributed by atoms with Crippen LogP contribution in [0.4, 0.5) is 10.1 Å². The van der Waals surface area contributed by atoms with Gasteiger partial charge in [0.2, 0.25) is 0 Å². The Morgan fingerprint density at radius 2 is 1.86 bits per heavy atom. The third-order valence-electron chi connectivity index (χ3n) is 3.13. The summed E-state index contributed by atoms with van der Waals surface area (Å²) in [5.74, 6) is -0.478. The van der Waals surface area contributed by atoms with Crippen LogP contribution < -0.4 is 4.31 Å². The monoisotopic (exact) mass is 383 g/mol. The molecule has 0 spiro atoms. The van der Waals surface area contributed by atoms with Gasteiger partial charge in [-0.3, -0.25) is 4.31 Å². The molecule has 0 atom stereocenters. The number of rotatable bonds is 5. The van der Waals surface area contributed by atoms with E-state index >= 15 is 0 Å². The zero-order valence-electron chi connectivity index (χ0n) is 12.0. The van der Waals surface area contributed by atoms with Gasteiger partial charge in [-0.05, 0) is 55.0 Å². The lowest BCUT2D eigenvalue weighted by molar-refractivity contribution is 0.591. The van der Waals surface area contributed by atoms with E-state index in [1.165, 1.54) is 22.5 Å². The Bertz CT molecular complexity index is 788. The molecule has 0 N–H and O–H groups in total. The number of aryl methyl sites for hydroxylation is 1. The van der Waals surface area contributed by atoms with Crippen molar-refractivity contribution >= 4 is 31.6 Å². The summed E-state index contributed by atoms with van der Waals surface area (Å²) in [6, 6.07) is 10.0. The molecule has 116 valence electrons. The van der Waals surface area contributed by atoms with Gasteiger partial charge in [-0.1, -0.05) is 22.0 Å². The van der Waals surface area contributed by atoms with Crippen LogP contribution in [0.15, 0.2) is 64.5 Å². The summed E-state index contributed by atoms with van der Waals surface area (Å²) < 4.78 is 40.7. The van der Waals surface area contributed by atoms with E-state index in [0.29, 0.717) is 5.69 Å². The standard InChI is InChI=1S/C16H15BrFNO2S/c1-3-10-19(14-6-9-16(17)12(2)11-14)22(20,21)15-7-4-13(18)5-8-15/h3-9,11H,1,10H2,2H3. The Hall–Kier alpha value is -1.66. The average molecular weight is 384 g/mol. The van der Waals surface area contributed by atoms with E-state index in [-0.39, 0.29) is 11.4 Å². The topological polar surface area (TPSA) is 37.4 Å².